The Morgan fingerprint density at radius 2 is 1.81 bits per heavy atom. The molecule has 0 amide bonds. The molecule has 0 aromatic heterocycles. The lowest BCUT2D eigenvalue weighted by Crippen LogP contribution is -2.15. The molecule has 0 bridgehead atoms. The maximum atomic E-state index is 13.8. The average Bonchev–Trinajstić information content (AvgIpc) is 2.41. The number of benzene rings is 2. The molecule has 0 aliphatic carbocycles. The maximum Gasteiger partial charge on any atom is 0.264 e. The number of halogens is 3. The van der Waals surface area contributed by atoms with Crippen LogP contribution >= 0.6 is 15.9 Å². The number of rotatable bonds is 4. The van der Waals surface area contributed by atoms with Crippen molar-refractivity contribution < 1.29 is 22.3 Å². The molecule has 0 heterocycles. The lowest BCUT2D eigenvalue weighted by atomic mass is 10.2. The van der Waals surface area contributed by atoms with Gasteiger partial charge in [0.15, 0.2) is 0 Å². The Morgan fingerprint density at radius 3 is 2.38 bits per heavy atom. The van der Waals surface area contributed by atoms with Gasteiger partial charge in [0.05, 0.1) is 12.3 Å². The number of sulfonamides is 1. The van der Waals surface area contributed by atoms with Crippen molar-refractivity contribution in [1.82, 2.24) is 0 Å². The highest BCUT2D eigenvalue weighted by molar-refractivity contribution is 9.10. The molecule has 4 nitrogen and oxygen atoms in total. The molecule has 8 heteroatoms. The van der Waals surface area contributed by atoms with E-state index in [9.17, 15) is 17.2 Å². The third-order valence-corrected chi connectivity index (χ3v) is 4.54. The van der Waals surface area contributed by atoms with Crippen LogP contribution in [0.5, 0.6) is 0 Å². The predicted octanol–water partition coefficient (Wildman–Crippen LogP) is 3.02. The second kappa shape index (κ2) is 6.08. The SMILES string of the molecule is O=S(=O)(Nc1ccc(Br)cc1F)c1ccc(CO)cc1F. The van der Waals surface area contributed by atoms with Crippen LogP contribution in [-0.4, -0.2) is 13.5 Å². The number of aliphatic hydroxyl groups excluding tert-OH is 1. The second-order valence-electron chi connectivity index (χ2n) is 4.15. The van der Waals surface area contributed by atoms with Crippen molar-refractivity contribution in [2.75, 3.05) is 4.72 Å². The lowest BCUT2D eigenvalue weighted by molar-refractivity contribution is 0.281. The van der Waals surface area contributed by atoms with Gasteiger partial charge in [-0.2, -0.15) is 0 Å². The van der Waals surface area contributed by atoms with Crippen LogP contribution in [0.4, 0.5) is 14.5 Å². The zero-order valence-electron chi connectivity index (χ0n) is 10.5. The van der Waals surface area contributed by atoms with Crippen LogP contribution < -0.4 is 4.72 Å². The second-order valence-corrected chi connectivity index (χ2v) is 6.72. The molecule has 2 rings (SSSR count). The zero-order valence-corrected chi connectivity index (χ0v) is 12.9. The van der Waals surface area contributed by atoms with Crippen LogP contribution in [0.1, 0.15) is 5.56 Å². The molecular formula is C13H10BrF2NO3S. The van der Waals surface area contributed by atoms with E-state index in [1.807, 2.05) is 4.72 Å². The number of hydrogen-bond acceptors (Lipinski definition) is 3. The molecular weight excluding hydrogens is 368 g/mol. The Kier molecular flexibility index (Phi) is 4.60. The molecule has 0 atom stereocenters. The molecule has 0 aliphatic rings. The van der Waals surface area contributed by atoms with E-state index in [-0.39, 0.29) is 11.3 Å². The Balaban J connectivity index is 2.38. The van der Waals surface area contributed by atoms with Crippen molar-refractivity contribution in [2.24, 2.45) is 0 Å². The summed E-state index contributed by atoms with van der Waals surface area (Å²) in [5, 5.41) is 8.87. The molecule has 21 heavy (non-hydrogen) atoms. The topological polar surface area (TPSA) is 66.4 Å². The van der Waals surface area contributed by atoms with E-state index in [4.69, 9.17) is 5.11 Å². The Labute approximate surface area is 128 Å². The van der Waals surface area contributed by atoms with Crippen molar-refractivity contribution >= 4 is 31.6 Å². The van der Waals surface area contributed by atoms with Gasteiger partial charge in [-0.15, -0.1) is 0 Å². The summed E-state index contributed by atoms with van der Waals surface area (Å²) in [5.41, 5.74) is -0.0508. The molecule has 0 unspecified atom stereocenters. The first-order valence-electron chi connectivity index (χ1n) is 5.70. The quantitative estimate of drug-likeness (QED) is 0.860. The minimum atomic E-state index is -4.27. The fourth-order valence-electron chi connectivity index (χ4n) is 1.63. The number of hydrogen-bond donors (Lipinski definition) is 2. The summed E-state index contributed by atoms with van der Waals surface area (Å²) in [6, 6.07) is 6.95. The molecule has 0 spiro atoms. The molecule has 2 aromatic carbocycles. The van der Waals surface area contributed by atoms with Crippen LogP contribution in [0, 0.1) is 11.6 Å². The van der Waals surface area contributed by atoms with E-state index in [2.05, 4.69) is 15.9 Å². The van der Waals surface area contributed by atoms with E-state index in [0.29, 0.717) is 4.47 Å². The maximum absolute atomic E-state index is 13.8. The van der Waals surface area contributed by atoms with Crippen molar-refractivity contribution in [3.05, 3.63) is 58.1 Å². The smallest absolute Gasteiger partial charge is 0.264 e. The van der Waals surface area contributed by atoms with Gasteiger partial charge in [-0.1, -0.05) is 22.0 Å². The van der Waals surface area contributed by atoms with E-state index < -0.39 is 33.2 Å². The Hall–Kier alpha value is -1.51. The molecule has 0 aliphatic heterocycles. The van der Waals surface area contributed by atoms with Crippen LogP contribution in [0.3, 0.4) is 0 Å². The van der Waals surface area contributed by atoms with Gasteiger partial charge in [-0.25, -0.2) is 17.2 Å². The summed E-state index contributed by atoms with van der Waals surface area (Å²) in [6.07, 6.45) is 0. The van der Waals surface area contributed by atoms with Crippen LogP contribution in [0.15, 0.2) is 45.8 Å². The predicted molar refractivity (Wildman–Crippen MR) is 77.2 cm³/mol. The first-order chi connectivity index (χ1) is 9.83. The molecule has 2 aromatic rings. The zero-order chi connectivity index (χ0) is 15.6. The minimum Gasteiger partial charge on any atom is -0.392 e. The summed E-state index contributed by atoms with van der Waals surface area (Å²) < 4.78 is 54.0. The number of aliphatic hydroxyl groups is 1. The van der Waals surface area contributed by atoms with Gasteiger partial charge in [0, 0.05) is 4.47 Å². The van der Waals surface area contributed by atoms with E-state index in [0.717, 1.165) is 18.2 Å². The highest BCUT2D eigenvalue weighted by Gasteiger charge is 2.20. The normalized spacial score (nSPS) is 11.4. The fourth-order valence-corrected chi connectivity index (χ4v) is 3.09. The van der Waals surface area contributed by atoms with Crippen molar-refractivity contribution in [3.63, 3.8) is 0 Å². The monoisotopic (exact) mass is 377 g/mol. The average molecular weight is 378 g/mol. The summed E-state index contributed by atoms with van der Waals surface area (Å²) in [7, 11) is -4.27. The van der Waals surface area contributed by atoms with Gasteiger partial charge >= 0.3 is 0 Å². The molecule has 0 saturated carbocycles. The van der Waals surface area contributed by atoms with E-state index in [1.165, 1.54) is 18.2 Å². The molecule has 0 saturated heterocycles. The summed E-state index contributed by atoms with van der Waals surface area (Å²) in [4.78, 5) is -0.623. The van der Waals surface area contributed by atoms with E-state index in [1.54, 1.807) is 0 Å². The summed E-state index contributed by atoms with van der Waals surface area (Å²) in [6.45, 7) is -0.411. The molecule has 112 valence electrons. The summed E-state index contributed by atoms with van der Waals surface area (Å²) in [5.74, 6) is -1.81. The first-order valence-corrected chi connectivity index (χ1v) is 7.98. The summed E-state index contributed by atoms with van der Waals surface area (Å²) >= 11 is 3.05. The standard InChI is InChI=1S/C13H10BrF2NO3S/c14-9-2-3-12(10(15)6-9)17-21(19,20)13-4-1-8(7-18)5-11(13)16/h1-6,17-18H,7H2. The fraction of sp³-hybridized carbons (Fsp3) is 0.0769. The first kappa shape index (κ1) is 15.9. The minimum absolute atomic E-state index is 0.237. The lowest BCUT2D eigenvalue weighted by Gasteiger charge is -2.10. The van der Waals surface area contributed by atoms with Crippen LogP contribution in [-0.2, 0) is 16.6 Å². The van der Waals surface area contributed by atoms with Gasteiger partial charge in [0.2, 0.25) is 0 Å². The van der Waals surface area contributed by atoms with Crippen LogP contribution in [0.2, 0.25) is 0 Å². The van der Waals surface area contributed by atoms with E-state index >= 15 is 0 Å². The highest BCUT2D eigenvalue weighted by atomic mass is 79.9. The van der Waals surface area contributed by atoms with Gasteiger partial charge in [-0.3, -0.25) is 4.72 Å². The molecule has 0 fully saturated rings. The third-order valence-electron chi connectivity index (χ3n) is 2.64. The van der Waals surface area contributed by atoms with Gasteiger partial charge in [0.25, 0.3) is 10.0 Å². The van der Waals surface area contributed by atoms with Crippen molar-refractivity contribution in [1.29, 1.82) is 0 Å². The Bertz CT molecular complexity index is 781. The third kappa shape index (κ3) is 3.58. The van der Waals surface area contributed by atoms with Crippen molar-refractivity contribution in [3.8, 4) is 0 Å². The van der Waals surface area contributed by atoms with Gasteiger partial charge in [0.1, 0.15) is 16.5 Å². The van der Waals surface area contributed by atoms with Gasteiger partial charge < -0.3 is 5.11 Å². The van der Waals surface area contributed by atoms with Crippen molar-refractivity contribution in [2.45, 2.75) is 11.5 Å². The largest absolute Gasteiger partial charge is 0.392 e. The number of nitrogens with one attached hydrogen (secondary N) is 1. The van der Waals surface area contributed by atoms with Crippen LogP contribution in [0.25, 0.3) is 0 Å². The van der Waals surface area contributed by atoms with Gasteiger partial charge in [-0.05, 0) is 35.9 Å². The highest BCUT2D eigenvalue weighted by Crippen LogP contribution is 2.24. The molecule has 0 radical (unpaired) electrons. The number of anilines is 1. The molecule has 2 N–H and O–H groups in total. The Morgan fingerprint density at radius 1 is 1.10 bits per heavy atom.